The standard InChI is InChI=1S/C39H33N2.C23H12NO2.Ir/c1-25(2)34-23-31(27-12-6-5-7-13-27)24-35(26(3)4)38(34)41-37-17-11-10-16-36(37)40-39(41)30-20-21-33-29(22-30)19-18-28-14-8-9-15-32(28)33;1-2-10-20-14(6-1)17-12-18-15-7-5-8-16(19-9-3-4-11-24-19)23(15)26-22(18)13-21(17)25-20;/h5-19,21-26H,1-4H3;1-7,9-13H;/q2*-1;. The SMILES string of the molecule is CC(C)c1cc(-c2ccccc2)cc(C(C)C)c1-n1c(-c2[c-]cc3c(ccc4ccccc43)c2)nc2ccccc21.[Ir].[c-]1ccc2c(oc3cc4oc5ccccc5c4cc32)c1-c1ccccn1. The van der Waals surface area contributed by atoms with Crippen molar-refractivity contribution in [3.8, 4) is 39.5 Å². The minimum Gasteiger partial charge on any atom is -0.500 e. The van der Waals surface area contributed by atoms with Crippen molar-refractivity contribution < 1.29 is 28.9 Å². The predicted molar refractivity (Wildman–Crippen MR) is 277 cm³/mol. The van der Waals surface area contributed by atoms with Gasteiger partial charge in [-0.1, -0.05) is 159 Å². The van der Waals surface area contributed by atoms with Crippen molar-refractivity contribution in [2.45, 2.75) is 39.5 Å². The molecule has 5 nitrogen and oxygen atoms in total. The summed E-state index contributed by atoms with van der Waals surface area (Å²) in [4.78, 5) is 9.69. The zero-order chi connectivity index (χ0) is 45.2. The summed E-state index contributed by atoms with van der Waals surface area (Å²) >= 11 is 0. The second-order valence-electron chi connectivity index (χ2n) is 17.9. The fourth-order valence-electron chi connectivity index (χ4n) is 9.79. The first kappa shape index (κ1) is 43.0. The van der Waals surface area contributed by atoms with E-state index in [0.29, 0.717) is 11.8 Å². The average molecular weight is 1060 g/mol. The van der Waals surface area contributed by atoms with Crippen LogP contribution in [-0.2, 0) is 20.1 Å². The molecule has 13 aromatic rings. The summed E-state index contributed by atoms with van der Waals surface area (Å²) in [5.41, 5.74) is 14.6. The first-order chi connectivity index (χ1) is 32.9. The molecule has 0 aliphatic heterocycles. The summed E-state index contributed by atoms with van der Waals surface area (Å²) in [7, 11) is 0. The summed E-state index contributed by atoms with van der Waals surface area (Å²) in [6.45, 7) is 9.18. The average Bonchev–Trinajstić information content (AvgIpc) is 4.06. The molecule has 6 heteroatoms. The van der Waals surface area contributed by atoms with Crippen LogP contribution in [0.5, 0.6) is 0 Å². The van der Waals surface area contributed by atoms with E-state index in [1.807, 2.05) is 54.6 Å². The van der Waals surface area contributed by atoms with Gasteiger partial charge in [0.15, 0.2) is 0 Å². The Hall–Kier alpha value is -7.63. The third-order valence-electron chi connectivity index (χ3n) is 13.1. The van der Waals surface area contributed by atoms with Crippen LogP contribution >= 0.6 is 0 Å². The Morgan fingerprint density at radius 3 is 2.00 bits per heavy atom. The Balaban J connectivity index is 0.000000161. The predicted octanol–water partition coefficient (Wildman–Crippen LogP) is 17.1. The molecule has 0 saturated carbocycles. The minimum absolute atomic E-state index is 0. The van der Waals surface area contributed by atoms with Gasteiger partial charge in [0.25, 0.3) is 0 Å². The summed E-state index contributed by atoms with van der Waals surface area (Å²) in [6.07, 6.45) is 1.78. The van der Waals surface area contributed by atoms with E-state index in [2.05, 4.69) is 177 Å². The molecule has 4 heterocycles. The maximum atomic E-state index is 6.21. The van der Waals surface area contributed by atoms with Crippen LogP contribution in [0.2, 0.25) is 0 Å². The van der Waals surface area contributed by atoms with Crippen LogP contribution in [0.25, 0.3) is 116 Å². The topological polar surface area (TPSA) is 57.0 Å². The van der Waals surface area contributed by atoms with Crippen molar-refractivity contribution >= 4 is 76.5 Å². The van der Waals surface area contributed by atoms with Gasteiger partial charge in [-0.25, -0.2) is 0 Å². The quantitative estimate of drug-likeness (QED) is 0.123. The van der Waals surface area contributed by atoms with Gasteiger partial charge in [0.2, 0.25) is 0 Å². The Kier molecular flexibility index (Phi) is 11.1. The molecule has 0 fully saturated rings. The molecule has 0 amide bonds. The molecule has 331 valence electrons. The zero-order valence-corrected chi connectivity index (χ0v) is 40.4. The molecular weight excluding hydrogens is 1010 g/mol. The molecule has 68 heavy (non-hydrogen) atoms. The van der Waals surface area contributed by atoms with Crippen LogP contribution in [0.4, 0.5) is 0 Å². The molecule has 0 aliphatic carbocycles. The number of benzene rings is 9. The fourth-order valence-corrected chi connectivity index (χ4v) is 9.79. The van der Waals surface area contributed by atoms with Crippen molar-refractivity contribution in [1.82, 2.24) is 14.5 Å². The summed E-state index contributed by atoms with van der Waals surface area (Å²) in [5.74, 6) is 1.58. The molecule has 0 aliphatic rings. The zero-order valence-electron chi connectivity index (χ0n) is 38.0. The number of hydrogen-bond donors (Lipinski definition) is 0. The second-order valence-corrected chi connectivity index (χ2v) is 17.9. The number of hydrogen-bond acceptors (Lipinski definition) is 4. The van der Waals surface area contributed by atoms with Gasteiger partial charge in [-0.05, 0) is 87.6 Å². The Labute approximate surface area is 408 Å². The first-order valence-electron chi connectivity index (χ1n) is 23.0. The molecule has 0 atom stereocenters. The van der Waals surface area contributed by atoms with Crippen LogP contribution in [0, 0.1) is 12.1 Å². The molecular formula is C62H45IrN3O2-2. The van der Waals surface area contributed by atoms with Crippen LogP contribution in [0.1, 0.15) is 50.7 Å². The molecule has 0 bridgehead atoms. The van der Waals surface area contributed by atoms with Gasteiger partial charge in [-0.3, -0.25) is 4.98 Å². The van der Waals surface area contributed by atoms with Gasteiger partial charge in [0.1, 0.15) is 16.7 Å². The van der Waals surface area contributed by atoms with E-state index in [9.17, 15) is 0 Å². The van der Waals surface area contributed by atoms with Crippen molar-refractivity contribution in [3.63, 3.8) is 0 Å². The number of imidazole rings is 1. The summed E-state index contributed by atoms with van der Waals surface area (Å²) < 4.78 is 14.6. The van der Waals surface area contributed by atoms with E-state index in [-0.39, 0.29) is 20.1 Å². The smallest absolute Gasteiger partial charge is 0.139 e. The molecule has 0 N–H and O–H groups in total. The number of pyridine rings is 1. The van der Waals surface area contributed by atoms with E-state index in [1.165, 1.54) is 49.5 Å². The Morgan fingerprint density at radius 2 is 1.21 bits per heavy atom. The molecule has 4 aromatic heterocycles. The number of nitrogens with zero attached hydrogens (tertiary/aromatic N) is 3. The third kappa shape index (κ3) is 7.38. The number of fused-ring (bicyclic) bond motifs is 10. The molecule has 9 aromatic carbocycles. The Bertz CT molecular complexity index is 3970. The van der Waals surface area contributed by atoms with Gasteiger partial charge in [-0.15, -0.1) is 47.3 Å². The van der Waals surface area contributed by atoms with Crippen molar-refractivity contribution in [1.29, 1.82) is 0 Å². The van der Waals surface area contributed by atoms with Crippen molar-refractivity contribution in [2.75, 3.05) is 0 Å². The second kappa shape index (κ2) is 17.5. The van der Waals surface area contributed by atoms with Crippen LogP contribution in [0.15, 0.2) is 197 Å². The number of rotatable bonds is 6. The normalized spacial score (nSPS) is 11.7. The van der Waals surface area contributed by atoms with Crippen molar-refractivity contribution in [2.24, 2.45) is 0 Å². The maximum absolute atomic E-state index is 6.21. The number of aromatic nitrogens is 3. The van der Waals surface area contributed by atoms with Crippen LogP contribution in [0.3, 0.4) is 0 Å². The number of para-hydroxylation sites is 3. The molecule has 0 saturated heterocycles. The molecule has 0 spiro atoms. The molecule has 1 radical (unpaired) electrons. The largest absolute Gasteiger partial charge is 0.500 e. The first-order valence-corrected chi connectivity index (χ1v) is 23.0. The third-order valence-corrected chi connectivity index (χ3v) is 13.1. The van der Waals surface area contributed by atoms with Gasteiger partial charge >= 0.3 is 0 Å². The van der Waals surface area contributed by atoms with Gasteiger partial charge in [-0.2, -0.15) is 0 Å². The minimum atomic E-state index is 0. The monoisotopic (exact) mass is 1060 g/mol. The Morgan fingerprint density at radius 1 is 0.515 bits per heavy atom. The van der Waals surface area contributed by atoms with Crippen LogP contribution in [-0.4, -0.2) is 14.5 Å². The summed E-state index contributed by atoms with van der Waals surface area (Å²) in [5, 5.41) is 9.26. The maximum Gasteiger partial charge on any atom is 0.139 e. The number of furan rings is 2. The van der Waals surface area contributed by atoms with Crippen molar-refractivity contribution in [3.05, 3.63) is 211 Å². The van der Waals surface area contributed by atoms with E-state index in [4.69, 9.17) is 13.8 Å². The van der Waals surface area contributed by atoms with E-state index in [1.54, 1.807) is 6.20 Å². The van der Waals surface area contributed by atoms with Gasteiger partial charge < -0.3 is 18.4 Å². The van der Waals surface area contributed by atoms with E-state index in [0.717, 1.165) is 77.6 Å². The molecule has 0 unspecified atom stereocenters. The molecule has 13 rings (SSSR count). The van der Waals surface area contributed by atoms with Crippen LogP contribution < -0.4 is 0 Å². The van der Waals surface area contributed by atoms with E-state index < -0.39 is 0 Å². The van der Waals surface area contributed by atoms with E-state index >= 15 is 0 Å². The van der Waals surface area contributed by atoms with Gasteiger partial charge in [0, 0.05) is 54.2 Å². The fraction of sp³-hybridized carbons (Fsp3) is 0.0968. The summed E-state index contributed by atoms with van der Waals surface area (Å²) in [6, 6.07) is 70.3. The van der Waals surface area contributed by atoms with Gasteiger partial charge in [0.05, 0.1) is 22.4 Å².